The van der Waals surface area contributed by atoms with Crippen molar-refractivity contribution in [3.8, 4) is 0 Å². The molecule has 0 aliphatic rings. The van der Waals surface area contributed by atoms with Crippen molar-refractivity contribution in [2.45, 2.75) is 40.0 Å². The zero-order chi connectivity index (χ0) is 15.1. The lowest BCUT2D eigenvalue weighted by Gasteiger charge is -2.21. The number of likely N-dealkylation sites (N-methyl/N-ethyl adjacent to an activating group) is 1. The third kappa shape index (κ3) is 4.96. The Morgan fingerprint density at radius 3 is 2.70 bits per heavy atom. The van der Waals surface area contributed by atoms with E-state index in [1.807, 2.05) is 13.8 Å². The van der Waals surface area contributed by atoms with Gasteiger partial charge in [-0.1, -0.05) is 5.21 Å². The van der Waals surface area contributed by atoms with Gasteiger partial charge >= 0.3 is 0 Å². The summed E-state index contributed by atoms with van der Waals surface area (Å²) in [5, 5.41) is 19.0. The molecule has 0 bridgehead atoms. The number of nitrogens with one attached hydrogen (secondary N) is 1. The van der Waals surface area contributed by atoms with Crippen LogP contribution in [0, 0.1) is 0 Å². The molecule has 0 atom stereocenters. The van der Waals surface area contributed by atoms with Gasteiger partial charge in [0, 0.05) is 12.6 Å². The van der Waals surface area contributed by atoms with Crippen molar-refractivity contribution >= 4 is 11.8 Å². The van der Waals surface area contributed by atoms with E-state index in [2.05, 4.69) is 15.6 Å². The molecule has 0 aliphatic carbocycles. The number of aliphatic hydroxyl groups excluding tert-OH is 1. The number of aliphatic hydroxyl groups is 1. The Kier molecular flexibility index (Phi) is 6.10. The van der Waals surface area contributed by atoms with Gasteiger partial charge in [-0.25, -0.2) is 4.68 Å². The van der Waals surface area contributed by atoms with Gasteiger partial charge in [0.15, 0.2) is 0 Å². The van der Waals surface area contributed by atoms with E-state index in [1.54, 1.807) is 6.92 Å². The maximum atomic E-state index is 12.1. The van der Waals surface area contributed by atoms with Gasteiger partial charge in [0.2, 0.25) is 11.8 Å². The van der Waals surface area contributed by atoms with Crippen LogP contribution in [-0.2, 0) is 22.7 Å². The van der Waals surface area contributed by atoms with E-state index < -0.39 is 0 Å². The monoisotopic (exact) mass is 283 g/mol. The number of aromatic nitrogens is 3. The standard InChI is InChI=1S/C12H21N5O3/c1-4-16(6-11(19)13-9(2)3)12(20)7-17-5-10(8-18)14-15-17/h5,9,18H,4,6-8H2,1-3H3,(H,13,19). The van der Waals surface area contributed by atoms with Crippen LogP contribution in [0.25, 0.3) is 0 Å². The van der Waals surface area contributed by atoms with Crippen molar-refractivity contribution in [2.75, 3.05) is 13.1 Å². The van der Waals surface area contributed by atoms with Crippen LogP contribution >= 0.6 is 0 Å². The van der Waals surface area contributed by atoms with E-state index in [0.29, 0.717) is 12.2 Å². The molecule has 0 radical (unpaired) electrons. The maximum absolute atomic E-state index is 12.1. The predicted octanol–water partition coefficient (Wildman–Crippen LogP) is -0.856. The van der Waals surface area contributed by atoms with Crippen LogP contribution in [0.2, 0.25) is 0 Å². The SMILES string of the molecule is CCN(CC(=O)NC(C)C)C(=O)Cn1cc(CO)nn1. The highest BCUT2D eigenvalue weighted by molar-refractivity contribution is 5.84. The van der Waals surface area contributed by atoms with E-state index in [0.717, 1.165) is 0 Å². The second kappa shape index (κ2) is 7.59. The van der Waals surface area contributed by atoms with E-state index in [1.165, 1.54) is 15.8 Å². The van der Waals surface area contributed by atoms with Crippen LogP contribution in [0.15, 0.2) is 6.20 Å². The first-order valence-corrected chi connectivity index (χ1v) is 6.53. The second-order valence-corrected chi connectivity index (χ2v) is 4.70. The van der Waals surface area contributed by atoms with E-state index >= 15 is 0 Å². The summed E-state index contributed by atoms with van der Waals surface area (Å²) in [6, 6.07) is 0.0405. The number of amides is 2. The lowest BCUT2D eigenvalue weighted by molar-refractivity contribution is -0.136. The van der Waals surface area contributed by atoms with Crippen molar-refractivity contribution in [2.24, 2.45) is 0 Å². The molecule has 8 nitrogen and oxygen atoms in total. The first-order valence-electron chi connectivity index (χ1n) is 6.53. The van der Waals surface area contributed by atoms with Crippen LogP contribution < -0.4 is 5.32 Å². The molecular weight excluding hydrogens is 262 g/mol. The number of carbonyl (C=O) groups is 2. The van der Waals surface area contributed by atoms with Gasteiger partial charge in [0.1, 0.15) is 12.2 Å². The lowest BCUT2D eigenvalue weighted by atomic mass is 10.3. The third-order valence-corrected chi connectivity index (χ3v) is 2.56. The average molecular weight is 283 g/mol. The van der Waals surface area contributed by atoms with Crippen molar-refractivity contribution < 1.29 is 14.7 Å². The molecule has 20 heavy (non-hydrogen) atoms. The molecule has 1 rings (SSSR count). The Labute approximate surface area is 117 Å². The number of carbonyl (C=O) groups excluding carboxylic acids is 2. The molecule has 0 fully saturated rings. The molecule has 0 saturated heterocycles. The van der Waals surface area contributed by atoms with E-state index in [-0.39, 0.29) is 37.6 Å². The molecule has 0 aliphatic heterocycles. The summed E-state index contributed by atoms with van der Waals surface area (Å²) in [6.07, 6.45) is 1.50. The minimum absolute atomic E-state index is 0.00417. The molecule has 2 amide bonds. The molecular formula is C12H21N5O3. The zero-order valence-electron chi connectivity index (χ0n) is 12.0. The summed E-state index contributed by atoms with van der Waals surface area (Å²) in [7, 11) is 0. The van der Waals surface area contributed by atoms with Gasteiger partial charge in [0.05, 0.1) is 19.3 Å². The second-order valence-electron chi connectivity index (χ2n) is 4.70. The summed E-state index contributed by atoms with van der Waals surface area (Å²) in [6.45, 7) is 5.77. The molecule has 8 heteroatoms. The van der Waals surface area contributed by atoms with Crippen LogP contribution in [-0.4, -0.2) is 55.9 Å². The Hall–Kier alpha value is -1.96. The summed E-state index contributed by atoms with van der Waals surface area (Å²) in [5.74, 6) is -0.411. The molecule has 112 valence electrons. The Morgan fingerprint density at radius 1 is 1.50 bits per heavy atom. The van der Waals surface area contributed by atoms with Crippen molar-refractivity contribution in [1.82, 2.24) is 25.2 Å². The Bertz CT molecular complexity index is 458. The summed E-state index contributed by atoms with van der Waals surface area (Å²) < 4.78 is 1.34. The molecule has 0 spiro atoms. The highest BCUT2D eigenvalue weighted by Crippen LogP contribution is 1.97. The summed E-state index contributed by atoms with van der Waals surface area (Å²) >= 11 is 0. The number of hydrogen-bond acceptors (Lipinski definition) is 5. The Balaban J connectivity index is 2.56. The molecule has 0 unspecified atom stereocenters. The van der Waals surface area contributed by atoms with Gasteiger partial charge in [-0.3, -0.25) is 9.59 Å². The fraction of sp³-hybridized carbons (Fsp3) is 0.667. The number of rotatable bonds is 7. The van der Waals surface area contributed by atoms with Crippen molar-refractivity contribution in [3.63, 3.8) is 0 Å². The molecule has 1 aromatic rings. The van der Waals surface area contributed by atoms with Crippen molar-refractivity contribution in [1.29, 1.82) is 0 Å². The van der Waals surface area contributed by atoms with Gasteiger partial charge < -0.3 is 15.3 Å². The molecule has 0 saturated carbocycles. The predicted molar refractivity (Wildman–Crippen MR) is 71.5 cm³/mol. The topological polar surface area (TPSA) is 100 Å². The highest BCUT2D eigenvalue weighted by atomic mass is 16.3. The number of hydrogen-bond donors (Lipinski definition) is 2. The first kappa shape index (κ1) is 16.1. The van der Waals surface area contributed by atoms with Crippen LogP contribution in [0.5, 0.6) is 0 Å². The molecule has 1 heterocycles. The minimum Gasteiger partial charge on any atom is -0.390 e. The summed E-state index contributed by atoms with van der Waals surface area (Å²) in [5.41, 5.74) is 0.401. The van der Waals surface area contributed by atoms with Crippen LogP contribution in [0.3, 0.4) is 0 Å². The largest absolute Gasteiger partial charge is 0.390 e. The van der Waals surface area contributed by atoms with Crippen molar-refractivity contribution in [3.05, 3.63) is 11.9 Å². The quantitative estimate of drug-likeness (QED) is 0.678. The normalized spacial score (nSPS) is 10.7. The first-order chi connectivity index (χ1) is 9.46. The van der Waals surface area contributed by atoms with Gasteiger partial charge in [-0.15, -0.1) is 5.10 Å². The van der Waals surface area contributed by atoms with E-state index in [9.17, 15) is 9.59 Å². The Morgan fingerprint density at radius 2 is 2.20 bits per heavy atom. The van der Waals surface area contributed by atoms with Gasteiger partial charge in [0.25, 0.3) is 0 Å². The average Bonchev–Trinajstić information content (AvgIpc) is 2.82. The fourth-order valence-electron chi connectivity index (χ4n) is 1.64. The zero-order valence-corrected chi connectivity index (χ0v) is 12.0. The molecule has 1 aromatic heterocycles. The fourth-order valence-corrected chi connectivity index (χ4v) is 1.64. The summed E-state index contributed by atoms with van der Waals surface area (Å²) in [4.78, 5) is 25.2. The highest BCUT2D eigenvalue weighted by Gasteiger charge is 2.17. The number of nitrogens with zero attached hydrogens (tertiary/aromatic N) is 4. The van der Waals surface area contributed by atoms with Crippen LogP contribution in [0.1, 0.15) is 26.5 Å². The smallest absolute Gasteiger partial charge is 0.244 e. The van der Waals surface area contributed by atoms with Gasteiger partial charge in [-0.2, -0.15) is 0 Å². The maximum Gasteiger partial charge on any atom is 0.244 e. The van der Waals surface area contributed by atoms with Crippen LogP contribution in [0.4, 0.5) is 0 Å². The van der Waals surface area contributed by atoms with Gasteiger partial charge in [-0.05, 0) is 20.8 Å². The van der Waals surface area contributed by atoms with E-state index in [4.69, 9.17) is 5.11 Å². The lowest BCUT2D eigenvalue weighted by Crippen LogP contribution is -2.43. The third-order valence-electron chi connectivity index (χ3n) is 2.56. The minimum atomic E-state index is -0.221. The molecule has 0 aromatic carbocycles. The molecule has 2 N–H and O–H groups in total.